The van der Waals surface area contributed by atoms with E-state index in [0.717, 1.165) is 39.6 Å². The van der Waals surface area contributed by atoms with E-state index in [2.05, 4.69) is 10.6 Å². The number of carbonyl (C=O) groups is 5. The van der Waals surface area contributed by atoms with Gasteiger partial charge >= 0.3 is 30.4 Å². The number of amides is 6. The van der Waals surface area contributed by atoms with E-state index in [0.29, 0.717) is 54.7 Å². The highest BCUT2D eigenvalue weighted by Gasteiger charge is 2.47. The number of quaternary nitrogens is 1. The third-order valence-corrected chi connectivity index (χ3v) is 14.0. The molecule has 6 amide bonds. The minimum Gasteiger partial charge on any atom is -0.478 e. The molecule has 4 aliphatic rings. The van der Waals surface area contributed by atoms with Crippen LogP contribution in [0.15, 0.2) is 144 Å². The molecule has 5 aromatic rings. The van der Waals surface area contributed by atoms with Crippen LogP contribution in [-0.4, -0.2) is 95.6 Å². The highest BCUT2D eigenvalue weighted by molar-refractivity contribution is 6.08. The summed E-state index contributed by atoms with van der Waals surface area (Å²) in [5.41, 5.74) is 0.929. The third-order valence-electron chi connectivity index (χ3n) is 14.0. The smallest absolute Gasteiger partial charge is 0.416 e. The number of carbonyl (C=O) groups excluding carboxylic acids is 4. The average molecular weight is 1040 g/mol. The fourth-order valence-corrected chi connectivity index (χ4v) is 10.3. The van der Waals surface area contributed by atoms with Crippen molar-refractivity contribution in [2.75, 3.05) is 56.1 Å². The van der Waals surface area contributed by atoms with Gasteiger partial charge in [0.05, 0.1) is 119 Å². The number of nitrogens with one attached hydrogen (secondary N) is 2. The van der Waals surface area contributed by atoms with Crippen LogP contribution >= 0.6 is 0 Å². The molecule has 0 unspecified atom stereocenters. The largest absolute Gasteiger partial charge is 0.478 e. The first kappa shape index (κ1) is 51.9. The van der Waals surface area contributed by atoms with Crippen LogP contribution in [0.1, 0.15) is 74.2 Å². The van der Waals surface area contributed by atoms with Crippen molar-refractivity contribution in [1.82, 2.24) is 20.4 Å². The van der Waals surface area contributed by atoms with Gasteiger partial charge in [-0.15, -0.1) is 0 Å². The van der Waals surface area contributed by atoms with Gasteiger partial charge in [0, 0.05) is 31.5 Å². The summed E-state index contributed by atoms with van der Waals surface area (Å²) in [5, 5.41) is 34.0. The second-order valence-electron chi connectivity index (χ2n) is 19.1. The molecular weight excluding hydrogens is 997 g/mol. The summed E-state index contributed by atoms with van der Waals surface area (Å²) in [4.78, 5) is 73.9. The molecule has 0 saturated carbocycles. The van der Waals surface area contributed by atoms with Crippen molar-refractivity contribution in [1.29, 1.82) is 10.5 Å². The van der Waals surface area contributed by atoms with E-state index in [1.165, 1.54) is 70.5 Å². The number of nitrogens with zero attached hydrogens (tertiary/aromatic N) is 7. The summed E-state index contributed by atoms with van der Waals surface area (Å²) in [6.07, 6.45) is -8.74. The van der Waals surface area contributed by atoms with Gasteiger partial charge in [-0.1, -0.05) is 48.5 Å². The van der Waals surface area contributed by atoms with E-state index in [1.807, 2.05) is 19.2 Å². The number of halogens is 6. The van der Waals surface area contributed by atoms with Crippen LogP contribution in [0.2, 0.25) is 0 Å². The first-order chi connectivity index (χ1) is 36.2. The van der Waals surface area contributed by atoms with Crippen LogP contribution in [0.5, 0.6) is 0 Å². The van der Waals surface area contributed by atoms with E-state index in [-0.39, 0.29) is 70.1 Å². The molecule has 76 heavy (non-hydrogen) atoms. The molecule has 0 aliphatic carbocycles. The van der Waals surface area contributed by atoms with Crippen molar-refractivity contribution in [2.45, 2.75) is 43.8 Å². The number of rotatable bonds is 15. The van der Waals surface area contributed by atoms with E-state index >= 15 is 0 Å². The number of alkyl halides is 6. The molecule has 21 heteroatoms. The van der Waals surface area contributed by atoms with Crippen molar-refractivity contribution >= 4 is 41.2 Å². The highest BCUT2D eigenvalue weighted by Crippen LogP contribution is 2.42. The van der Waals surface area contributed by atoms with Crippen LogP contribution in [0.4, 0.5) is 47.3 Å². The summed E-state index contributed by atoms with van der Waals surface area (Å²) >= 11 is 0. The van der Waals surface area contributed by atoms with E-state index < -0.39 is 65.4 Å². The first-order valence-corrected chi connectivity index (χ1v) is 23.9. The van der Waals surface area contributed by atoms with Crippen molar-refractivity contribution in [2.24, 2.45) is 0 Å². The third kappa shape index (κ3) is 10.4. The summed E-state index contributed by atoms with van der Waals surface area (Å²) in [7, 11) is 1.95. The predicted molar refractivity (Wildman–Crippen MR) is 262 cm³/mol. The van der Waals surface area contributed by atoms with Gasteiger partial charge in [-0.3, -0.25) is 19.4 Å². The molecule has 0 spiro atoms. The monoisotopic (exact) mass is 1040 g/mol. The summed E-state index contributed by atoms with van der Waals surface area (Å²) in [6.45, 7) is 1.16. The van der Waals surface area contributed by atoms with Crippen LogP contribution < -0.4 is 20.4 Å². The Bertz CT molecular complexity index is 3120. The van der Waals surface area contributed by atoms with E-state index in [1.54, 1.807) is 36.4 Å². The maximum atomic E-state index is 14.6. The lowest BCUT2D eigenvalue weighted by molar-refractivity contribution is -0.922. The zero-order valence-electron chi connectivity index (χ0n) is 40.5. The second kappa shape index (κ2) is 20.4. The number of benzene rings is 5. The SMILES string of the molecule is C[N+](CCCN1CC2=C(C1=O)[C@@H](c1ccc(C#N)cc1)NC(=O)N2c1cccc(C(F)(F)F)c1)(CCCN1CC2=C(C1=O)[C@@H](c1ccc(C#N)cc1)NC(=O)N2c1cccc(C(F)(F)F)c1)Cc1ccc(C(=O)O)cc1. The lowest BCUT2D eigenvalue weighted by Gasteiger charge is -2.36. The van der Waals surface area contributed by atoms with Crippen molar-refractivity contribution < 1.29 is 59.9 Å². The number of anilines is 2. The molecule has 0 bridgehead atoms. The Morgan fingerprint density at radius 1 is 0.632 bits per heavy atom. The zero-order chi connectivity index (χ0) is 54.3. The molecule has 388 valence electrons. The minimum atomic E-state index is -4.73. The molecule has 4 heterocycles. The van der Waals surface area contributed by atoms with Crippen LogP contribution in [-0.2, 0) is 28.5 Å². The number of hydrogen-bond donors (Lipinski definition) is 3. The molecular formula is C55H46F6N9O6+. The van der Waals surface area contributed by atoms with Crippen LogP contribution in [0.25, 0.3) is 0 Å². The minimum absolute atomic E-state index is 0.0731. The molecule has 5 aromatic carbocycles. The molecule has 9 rings (SSSR count). The Labute approximate surface area is 431 Å². The Hall–Kier alpha value is -8.95. The molecule has 0 aromatic heterocycles. The Kier molecular flexibility index (Phi) is 13.9. The lowest BCUT2D eigenvalue weighted by atomic mass is 9.94. The van der Waals surface area contributed by atoms with Gasteiger partial charge in [0.25, 0.3) is 11.8 Å². The van der Waals surface area contributed by atoms with Gasteiger partial charge in [0.15, 0.2) is 0 Å². The maximum Gasteiger partial charge on any atom is 0.416 e. The Morgan fingerprint density at radius 3 is 1.41 bits per heavy atom. The quantitative estimate of drug-likeness (QED) is 0.0684. The summed E-state index contributed by atoms with van der Waals surface area (Å²) < 4.78 is 83.9. The van der Waals surface area contributed by atoms with Gasteiger partial charge in [0.1, 0.15) is 6.54 Å². The van der Waals surface area contributed by atoms with Gasteiger partial charge in [0.2, 0.25) is 0 Å². The number of urea groups is 2. The molecule has 2 atom stereocenters. The topological polar surface area (TPSA) is 190 Å². The van der Waals surface area contributed by atoms with Crippen LogP contribution in [0, 0.1) is 22.7 Å². The Balaban J connectivity index is 0.960. The van der Waals surface area contributed by atoms with Gasteiger partial charge in [-0.2, -0.15) is 36.9 Å². The maximum absolute atomic E-state index is 14.6. The number of carboxylic acid groups (broad SMARTS) is 1. The number of aromatic carboxylic acids is 1. The molecule has 15 nitrogen and oxygen atoms in total. The van der Waals surface area contributed by atoms with Gasteiger partial charge in [-0.25, -0.2) is 14.4 Å². The fraction of sp³-hybridized carbons (Fsp3) is 0.255. The molecule has 4 aliphatic heterocycles. The number of hydrogen-bond acceptors (Lipinski definition) is 7. The average Bonchev–Trinajstić information content (AvgIpc) is 3.91. The Morgan fingerprint density at radius 2 is 1.04 bits per heavy atom. The normalized spacial score (nSPS) is 17.9. The zero-order valence-corrected chi connectivity index (χ0v) is 40.5. The van der Waals surface area contributed by atoms with E-state index in [9.17, 15) is 65.9 Å². The summed E-state index contributed by atoms with van der Waals surface area (Å²) in [6, 6.07) is 27.8. The number of nitriles is 2. The second-order valence-corrected chi connectivity index (χ2v) is 19.1. The van der Waals surface area contributed by atoms with Crippen molar-refractivity contribution in [3.05, 3.63) is 188 Å². The standard InChI is InChI=1S/C55H45F6N9O6/c1-70(32-35-14-20-38(21-15-35)51(73)74,24-4-22-66-30-43-45(49(66)71)47(36-16-10-33(28-62)11-17-36)64-52(75)68(43)41-8-2-6-39(26-41)54(56,57)58)25-5-23-67-31-44-46(50(67)72)48(37-18-12-34(29-63)13-19-37)65-53(76)69(44)42-9-3-7-40(27-42)55(59,60)61/h2-3,6-21,26-27,47-48H,4-5,22-25,30-32H2,1H3,(H2-,64,65,73,74,75,76)/p+1/t47-,48-/m1/s1. The molecule has 0 fully saturated rings. The predicted octanol–water partition coefficient (Wildman–Crippen LogP) is 9.03. The molecule has 3 N–H and O–H groups in total. The molecule has 0 saturated heterocycles. The van der Waals surface area contributed by atoms with Crippen molar-refractivity contribution in [3.8, 4) is 12.1 Å². The lowest BCUT2D eigenvalue weighted by Crippen LogP contribution is -2.47. The van der Waals surface area contributed by atoms with Crippen molar-refractivity contribution in [3.63, 3.8) is 0 Å². The first-order valence-electron chi connectivity index (χ1n) is 23.9. The van der Waals surface area contributed by atoms with Gasteiger partial charge < -0.3 is 30.0 Å². The van der Waals surface area contributed by atoms with Crippen LogP contribution in [0.3, 0.4) is 0 Å². The molecule has 0 radical (unpaired) electrons. The van der Waals surface area contributed by atoms with Gasteiger partial charge in [-0.05, 0) is 83.9 Å². The number of carboxylic acids is 1. The highest BCUT2D eigenvalue weighted by atomic mass is 19.4. The fourth-order valence-electron chi connectivity index (χ4n) is 10.3. The van der Waals surface area contributed by atoms with E-state index in [4.69, 9.17) is 0 Å². The summed E-state index contributed by atoms with van der Waals surface area (Å²) in [5.74, 6) is -2.04.